The minimum Gasteiger partial charge on any atom is -0.396 e. The lowest BCUT2D eigenvalue weighted by molar-refractivity contribution is 0.217. The molecular formula is C11H19N3O2. The van der Waals surface area contributed by atoms with Crippen molar-refractivity contribution in [2.75, 3.05) is 25.1 Å². The first kappa shape index (κ1) is 12.7. The number of rotatable bonds is 5. The second-order valence-corrected chi connectivity index (χ2v) is 4.04. The molecule has 0 saturated heterocycles. The van der Waals surface area contributed by atoms with Crippen LogP contribution in [0.15, 0.2) is 17.1 Å². The Morgan fingerprint density at radius 1 is 1.62 bits per heavy atom. The van der Waals surface area contributed by atoms with Crippen molar-refractivity contribution in [2.24, 2.45) is 5.92 Å². The number of aromatic nitrogens is 2. The second kappa shape index (κ2) is 5.65. The van der Waals surface area contributed by atoms with Crippen LogP contribution in [-0.4, -0.2) is 35.1 Å². The molecule has 0 radical (unpaired) electrons. The van der Waals surface area contributed by atoms with Crippen molar-refractivity contribution in [3.8, 4) is 0 Å². The first-order chi connectivity index (χ1) is 7.58. The van der Waals surface area contributed by atoms with Crippen molar-refractivity contribution in [3.63, 3.8) is 0 Å². The van der Waals surface area contributed by atoms with E-state index < -0.39 is 0 Å². The summed E-state index contributed by atoms with van der Waals surface area (Å²) in [5, 5.41) is 13.0. The maximum absolute atomic E-state index is 11.7. The minimum atomic E-state index is -0.127. The van der Waals surface area contributed by atoms with Crippen LogP contribution in [0.1, 0.15) is 13.8 Å². The first-order valence-corrected chi connectivity index (χ1v) is 5.47. The molecule has 0 spiro atoms. The van der Waals surface area contributed by atoms with Gasteiger partial charge in [-0.15, -0.1) is 0 Å². The van der Waals surface area contributed by atoms with E-state index in [1.54, 1.807) is 12.3 Å². The van der Waals surface area contributed by atoms with Gasteiger partial charge in [0.15, 0.2) is 0 Å². The highest BCUT2D eigenvalue weighted by Crippen LogP contribution is 2.06. The number of anilines is 1. The van der Waals surface area contributed by atoms with Crippen molar-refractivity contribution in [2.45, 2.75) is 20.4 Å². The van der Waals surface area contributed by atoms with Gasteiger partial charge in [-0.25, -0.2) is 4.68 Å². The number of aliphatic hydroxyl groups excluding tert-OH is 1. The SMILES string of the molecule is CCN(C)c1cnn(CC(C)CO)c(=O)c1. The first-order valence-electron chi connectivity index (χ1n) is 5.47. The Morgan fingerprint density at radius 2 is 2.31 bits per heavy atom. The van der Waals surface area contributed by atoms with Crippen LogP contribution in [0.2, 0.25) is 0 Å². The van der Waals surface area contributed by atoms with Crippen LogP contribution in [-0.2, 0) is 6.54 Å². The van der Waals surface area contributed by atoms with E-state index in [9.17, 15) is 4.79 Å². The molecule has 1 unspecified atom stereocenters. The summed E-state index contributed by atoms with van der Waals surface area (Å²) in [7, 11) is 1.91. The zero-order valence-corrected chi connectivity index (χ0v) is 10.1. The van der Waals surface area contributed by atoms with E-state index in [1.807, 2.05) is 25.8 Å². The van der Waals surface area contributed by atoms with Crippen molar-refractivity contribution in [3.05, 3.63) is 22.6 Å². The third-order valence-electron chi connectivity index (χ3n) is 2.57. The average molecular weight is 225 g/mol. The lowest BCUT2D eigenvalue weighted by atomic mass is 10.2. The van der Waals surface area contributed by atoms with Gasteiger partial charge in [-0.05, 0) is 12.8 Å². The molecule has 1 rings (SSSR count). The summed E-state index contributed by atoms with van der Waals surface area (Å²) < 4.78 is 1.38. The Labute approximate surface area is 95.3 Å². The zero-order chi connectivity index (χ0) is 12.1. The van der Waals surface area contributed by atoms with Crippen molar-refractivity contribution < 1.29 is 5.11 Å². The van der Waals surface area contributed by atoms with E-state index in [4.69, 9.17) is 5.11 Å². The molecule has 0 aliphatic carbocycles. The molecule has 1 aromatic heterocycles. The molecule has 0 saturated carbocycles. The molecule has 1 N–H and O–H groups in total. The molecule has 1 heterocycles. The van der Waals surface area contributed by atoms with Gasteiger partial charge in [0.1, 0.15) is 0 Å². The van der Waals surface area contributed by atoms with Gasteiger partial charge in [0, 0.05) is 32.8 Å². The predicted octanol–water partition coefficient (Wildman–Crippen LogP) is 0.328. The second-order valence-electron chi connectivity index (χ2n) is 4.04. The van der Waals surface area contributed by atoms with Gasteiger partial charge in [0.25, 0.3) is 5.56 Å². The highest BCUT2D eigenvalue weighted by Gasteiger charge is 2.06. The quantitative estimate of drug-likeness (QED) is 0.784. The van der Waals surface area contributed by atoms with Gasteiger partial charge >= 0.3 is 0 Å². The van der Waals surface area contributed by atoms with Crippen LogP contribution in [0.5, 0.6) is 0 Å². The molecule has 0 bridgehead atoms. The summed E-state index contributed by atoms with van der Waals surface area (Å²) in [5.41, 5.74) is 0.693. The normalized spacial score (nSPS) is 12.5. The largest absolute Gasteiger partial charge is 0.396 e. The lowest BCUT2D eigenvalue weighted by Crippen LogP contribution is -2.28. The summed E-state index contributed by atoms with van der Waals surface area (Å²) in [6, 6.07) is 1.57. The van der Waals surface area contributed by atoms with Gasteiger partial charge < -0.3 is 10.0 Å². The zero-order valence-electron chi connectivity index (χ0n) is 10.1. The van der Waals surface area contributed by atoms with Gasteiger partial charge in [-0.1, -0.05) is 6.92 Å². The Morgan fingerprint density at radius 3 is 2.81 bits per heavy atom. The minimum absolute atomic E-state index is 0.0416. The standard InChI is InChI=1S/C11H19N3O2/c1-4-13(3)10-5-11(16)14(12-6-10)7-9(2)8-15/h5-6,9,15H,4,7-8H2,1-3H3. The molecule has 1 atom stereocenters. The summed E-state index contributed by atoms with van der Waals surface area (Å²) in [4.78, 5) is 13.7. The van der Waals surface area contributed by atoms with Gasteiger partial charge in [0.05, 0.1) is 11.9 Å². The number of hydrogen-bond donors (Lipinski definition) is 1. The number of nitrogens with zero attached hydrogens (tertiary/aromatic N) is 3. The third-order valence-corrected chi connectivity index (χ3v) is 2.57. The van der Waals surface area contributed by atoms with Gasteiger partial charge in [-0.3, -0.25) is 4.79 Å². The summed E-state index contributed by atoms with van der Waals surface area (Å²) in [6.07, 6.45) is 1.68. The molecule has 0 aliphatic heterocycles. The van der Waals surface area contributed by atoms with E-state index in [0.717, 1.165) is 12.2 Å². The molecular weight excluding hydrogens is 206 g/mol. The van der Waals surface area contributed by atoms with Gasteiger partial charge in [-0.2, -0.15) is 5.10 Å². The summed E-state index contributed by atoms with van der Waals surface area (Å²) in [5.74, 6) is 0.0416. The lowest BCUT2D eigenvalue weighted by Gasteiger charge is -2.16. The highest BCUT2D eigenvalue weighted by molar-refractivity contribution is 5.41. The van der Waals surface area contributed by atoms with Crippen molar-refractivity contribution in [1.29, 1.82) is 0 Å². The average Bonchev–Trinajstić information content (AvgIpc) is 2.30. The van der Waals surface area contributed by atoms with Crippen LogP contribution in [0.25, 0.3) is 0 Å². The molecule has 0 aromatic carbocycles. The molecule has 1 aromatic rings. The molecule has 5 nitrogen and oxygen atoms in total. The highest BCUT2D eigenvalue weighted by atomic mass is 16.3. The van der Waals surface area contributed by atoms with Crippen LogP contribution in [0.3, 0.4) is 0 Å². The maximum Gasteiger partial charge on any atom is 0.268 e. The number of aliphatic hydroxyl groups is 1. The van der Waals surface area contributed by atoms with Crippen LogP contribution in [0, 0.1) is 5.92 Å². The summed E-state index contributed by atoms with van der Waals surface area (Å²) in [6.45, 7) is 5.23. The molecule has 0 amide bonds. The molecule has 0 fully saturated rings. The monoisotopic (exact) mass is 225 g/mol. The van der Waals surface area contributed by atoms with E-state index in [-0.39, 0.29) is 18.1 Å². The van der Waals surface area contributed by atoms with Crippen LogP contribution in [0.4, 0.5) is 5.69 Å². The van der Waals surface area contributed by atoms with Crippen LogP contribution >= 0.6 is 0 Å². The molecule has 0 aliphatic rings. The fraction of sp³-hybridized carbons (Fsp3) is 0.636. The molecule has 90 valence electrons. The Bertz CT molecular complexity index is 389. The Balaban J connectivity index is 2.87. The summed E-state index contributed by atoms with van der Waals surface area (Å²) >= 11 is 0. The topological polar surface area (TPSA) is 58.4 Å². The fourth-order valence-electron chi connectivity index (χ4n) is 1.31. The number of hydrogen-bond acceptors (Lipinski definition) is 4. The molecule has 16 heavy (non-hydrogen) atoms. The Kier molecular flexibility index (Phi) is 4.49. The maximum atomic E-state index is 11.7. The Hall–Kier alpha value is -1.36. The van der Waals surface area contributed by atoms with E-state index in [2.05, 4.69) is 5.10 Å². The van der Waals surface area contributed by atoms with E-state index in [1.165, 1.54) is 4.68 Å². The third kappa shape index (κ3) is 3.06. The van der Waals surface area contributed by atoms with Crippen LogP contribution < -0.4 is 10.5 Å². The molecule has 5 heteroatoms. The van der Waals surface area contributed by atoms with Crippen molar-refractivity contribution >= 4 is 5.69 Å². The van der Waals surface area contributed by atoms with E-state index >= 15 is 0 Å². The van der Waals surface area contributed by atoms with Crippen molar-refractivity contribution in [1.82, 2.24) is 9.78 Å². The van der Waals surface area contributed by atoms with Gasteiger partial charge in [0.2, 0.25) is 0 Å². The predicted molar refractivity (Wildman–Crippen MR) is 63.7 cm³/mol. The van der Waals surface area contributed by atoms with E-state index in [0.29, 0.717) is 6.54 Å². The fourth-order valence-corrected chi connectivity index (χ4v) is 1.31. The smallest absolute Gasteiger partial charge is 0.268 e.